The summed E-state index contributed by atoms with van der Waals surface area (Å²) in [7, 11) is -3.29. The molecule has 0 spiro atoms. The number of fused-ring (bicyclic) bond motifs is 2. The zero-order chi connectivity index (χ0) is 13.6. The van der Waals surface area contributed by atoms with Gasteiger partial charge in [-0.05, 0) is 25.0 Å². The molecule has 1 aromatic carbocycles. The molecule has 2 unspecified atom stereocenters. The fourth-order valence-electron chi connectivity index (χ4n) is 2.94. The van der Waals surface area contributed by atoms with Crippen molar-refractivity contribution in [3.63, 3.8) is 0 Å². The number of benzene rings is 1. The summed E-state index contributed by atoms with van der Waals surface area (Å²) in [6, 6.07) is 5.19. The van der Waals surface area contributed by atoms with Gasteiger partial charge in [0.05, 0.1) is 28.5 Å². The van der Waals surface area contributed by atoms with Gasteiger partial charge >= 0.3 is 0 Å². The lowest BCUT2D eigenvalue weighted by Crippen LogP contribution is -2.43. The molecule has 0 aliphatic carbocycles. The number of para-hydroxylation sites is 1. The number of hydrogen-bond acceptors (Lipinski definition) is 5. The van der Waals surface area contributed by atoms with Crippen molar-refractivity contribution in [1.29, 1.82) is 0 Å². The summed E-state index contributed by atoms with van der Waals surface area (Å²) in [4.78, 5) is 2.36. The van der Waals surface area contributed by atoms with E-state index in [0.717, 1.165) is 31.6 Å². The van der Waals surface area contributed by atoms with Crippen LogP contribution < -0.4 is 10.6 Å². The van der Waals surface area contributed by atoms with E-state index < -0.39 is 9.84 Å². The van der Waals surface area contributed by atoms with Crippen molar-refractivity contribution in [2.45, 2.75) is 29.9 Å². The SMILES string of the molecule is CS(=O)(=O)c1cccc(N2CC3CCC(C2)O3)c1N. The molecule has 3 rings (SSSR count). The number of morpholine rings is 1. The molecular formula is C13H18N2O3S. The van der Waals surface area contributed by atoms with E-state index in [1.54, 1.807) is 12.1 Å². The van der Waals surface area contributed by atoms with Crippen molar-refractivity contribution in [2.24, 2.45) is 0 Å². The average Bonchev–Trinajstić information content (AvgIpc) is 2.67. The number of nitrogens with two attached hydrogens (primary N) is 1. The highest BCUT2D eigenvalue weighted by Crippen LogP contribution is 2.35. The number of hydrogen-bond donors (Lipinski definition) is 1. The molecule has 0 amide bonds. The molecule has 2 bridgehead atoms. The number of rotatable bonds is 2. The van der Waals surface area contributed by atoms with Crippen molar-refractivity contribution in [2.75, 3.05) is 30.0 Å². The zero-order valence-corrected chi connectivity index (χ0v) is 11.7. The first-order chi connectivity index (χ1) is 8.95. The monoisotopic (exact) mass is 282 g/mol. The molecule has 5 nitrogen and oxygen atoms in total. The van der Waals surface area contributed by atoms with E-state index in [0.29, 0.717) is 5.69 Å². The Morgan fingerprint density at radius 2 is 1.89 bits per heavy atom. The third-order valence-electron chi connectivity index (χ3n) is 3.83. The molecule has 1 aromatic rings. The first kappa shape index (κ1) is 12.7. The second-order valence-corrected chi connectivity index (χ2v) is 7.31. The maximum Gasteiger partial charge on any atom is 0.177 e. The smallest absolute Gasteiger partial charge is 0.177 e. The molecular weight excluding hydrogens is 264 g/mol. The van der Waals surface area contributed by atoms with E-state index >= 15 is 0 Å². The molecule has 2 saturated heterocycles. The first-order valence-corrected chi connectivity index (χ1v) is 8.33. The van der Waals surface area contributed by atoms with Crippen molar-refractivity contribution in [3.8, 4) is 0 Å². The van der Waals surface area contributed by atoms with E-state index in [1.165, 1.54) is 6.26 Å². The van der Waals surface area contributed by atoms with E-state index in [4.69, 9.17) is 10.5 Å². The van der Waals surface area contributed by atoms with Gasteiger partial charge in [-0.3, -0.25) is 0 Å². The Labute approximate surface area is 113 Å². The number of sulfone groups is 1. The molecule has 0 aromatic heterocycles. The Kier molecular flexibility index (Phi) is 2.94. The minimum atomic E-state index is -3.29. The van der Waals surface area contributed by atoms with Crippen LogP contribution in [0, 0.1) is 0 Å². The van der Waals surface area contributed by atoms with Gasteiger partial charge in [-0.15, -0.1) is 0 Å². The first-order valence-electron chi connectivity index (χ1n) is 6.44. The molecule has 104 valence electrons. The lowest BCUT2D eigenvalue weighted by Gasteiger charge is -2.34. The van der Waals surface area contributed by atoms with Crippen LogP contribution in [0.2, 0.25) is 0 Å². The third-order valence-corrected chi connectivity index (χ3v) is 4.98. The van der Waals surface area contributed by atoms with Crippen LogP contribution in [0.3, 0.4) is 0 Å². The predicted octanol–water partition coefficient (Wildman–Crippen LogP) is 1.04. The normalized spacial score (nSPS) is 26.7. The molecule has 19 heavy (non-hydrogen) atoms. The summed E-state index contributed by atoms with van der Waals surface area (Å²) in [5.74, 6) is 0. The average molecular weight is 282 g/mol. The standard InChI is InChI=1S/C13H18N2O3S/c1-19(16,17)12-4-2-3-11(13(12)14)15-7-9-5-6-10(8-15)18-9/h2-4,9-10H,5-8,14H2,1H3. The van der Waals surface area contributed by atoms with Gasteiger partial charge in [0.15, 0.2) is 9.84 Å². The maximum atomic E-state index is 11.7. The van der Waals surface area contributed by atoms with Gasteiger partial charge in [0.25, 0.3) is 0 Å². The van der Waals surface area contributed by atoms with E-state index in [9.17, 15) is 8.42 Å². The molecule has 0 radical (unpaired) electrons. The summed E-state index contributed by atoms with van der Waals surface area (Å²) in [6.07, 6.45) is 3.84. The summed E-state index contributed by atoms with van der Waals surface area (Å²) in [5, 5.41) is 0. The fraction of sp³-hybridized carbons (Fsp3) is 0.538. The summed E-state index contributed by atoms with van der Waals surface area (Å²) in [6.45, 7) is 1.57. The number of nitrogen functional groups attached to an aromatic ring is 1. The highest BCUT2D eigenvalue weighted by molar-refractivity contribution is 7.90. The molecule has 6 heteroatoms. The minimum Gasteiger partial charge on any atom is -0.396 e. The van der Waals surface area contributed by atoms with E-state index in [2.05, 4.69) is 4.90 Å². The Bertz CT molecular complexity index is 588. The van der Waals surface area contributed by atoms with Gasteiger partial charge in [0, 0.05) is 19.3 Å². The molecule has 2 heterocycles. The number of ether oxygens (including phenoxy) is 1. The summed E-state index contributed by atoms with van der Waals surface area (Å²) in [5.41, 5.74) is 7.21. The van der Waals surface area contributed by atoms with Gasteiger partial charge < -0.3 is 15.4 Å². The van der Waals surface area contributed by atoms with Crippen molar-refractivity contribution in [3.05, 3.63) is 18.2 Å². The van der Waals surface area contributed by atoms with Crippen LogP contribution in [-0.4, -0.2) is 40.0 Å². The molecule has 2 aliphatic heterocycles. The highest BCUT2D eigenvalue weighted by atomic mass is 32.2. The van der Waals surface area contributed by atoms with Gasteiger partial charge in [0.1, 0.15) is 0 Å². The van der Waals surface area contributed by atoms with E-state index in [1.807, 2.05) is 6.07 Å². The Morgan fingerprint density at radius 3 is 2.47 bits per heavy atom. The fourth-order valence-corrected chi connectivity index (χ4v) is 3.77. The van der Waals surface area contributed by atoms with Crippen LogP contribution >= 0.6 is 0 Å². The van der Waals surface area contributed by atoms with Crippen molar-refractivity contribution >= 4 is 21.2 Å². The van der Waals surface area contributed by atoms with Crippen LogP contribution in [0.25, 0.3) is 0 Å². The second kappa shape index (κ2) is 4.38. The number of nitrogens with zero attached hydrogens (tertiary/aromatic N) is 1. The Balaban J connectivity index is 1.97. The Morgan fingerprint density at radius 1 is 1.26 bits per heavy atom. The highest BCUT2D eigenvalue weighted by Gasteiger charge is 2.34. The quantitative estimate of drug-likeness (QED) is 0.821. The molecule has 0 saturated carbocycles. The largest absolute Gasteiger partial charge is 0.396 e. The van der Waals surface area contributed by atoms with Crippen LogP contribution in [0.5, 0.6) is 0 Å². The van der Waals surface area contributed by atoms with Crippen LogP contribution in [-0.2, 0) is 14.6 Å². The van der Waals surface area contributed by atoms with Gasteiger partial charge in [-0.1, -0.05) is 6.07 Å². The van der Waals surface area contributed by atoms with Crippen molar-refractivity contribution in [1.82, 2.24) is 0 Å². The lowest BCUT2D eigenvalue weighted by molar-refractivity contribution is 0.0305. The van der Waals surface area contributed by atoms with Crippen LogP contribution in [0.4, 0.5) is 11.4 Å². The number of anilines is 2. The topological polar surface area (TPSA) is 72.6 Å². The molecule has 2 aliphatic rings. The van der Waals surface area contributed by atoms with Crippen LogP contribution in [0.1, 0.15) is 12.8 Å². The van der Waals surface area contributed by atoms with Crippen LogP contribution in [0.15, 0.2) is 23.1 Å². The summed E-state index contributed by atoms with van der Waals surface area (Å²) < 4.78 is 29.2. The predicted molar refractivity (Wildman–Crippen MR) is 74.1 cm³/mol. The van der Waals surface area contributed by atoms with Crippen molar-refractivity contribution < 1.29 is 13.2 Å². The minimum absolute atomic E-state index is 0.212. The third kappa shape index (κ3) is 2.30. The maximum absolute atomic E-state index is 11.7. The zero-order valence-electron chi connectivity index (χ0n) is 10.9. The lowest BCUT2D eigenvalue weighted by atomic mass is 10.2. The molecule has 2 N–H and O–H groups in total. The van der Waals surface area contributed by atoms with Gasteiger partial charge in [-0.25, -0.2) is 8.42 Å². The Hall–Kier alpha value is -1.27. The van der Waals surface area contributed by atoms with E-state index in [-0.39, 0.29) is 17.1 Å². The van der Waals surface area contributed by atoms with Gasteiger partial charge in [-0.2, -0.15) is 0 Å². The molecule has 2 fully saturated rings. The molecule has 2 atom stereocenters. The van der Waals surface area contributed by atoms with Gasteiger partial charge in [0.2, 0.25) is 0 Å². The second-order valence-electron chi connectivity index (χ2n) is 5.32. The summed E-state index contributed by atoms with van der Waals surface area (Å²) >= 11 is 0.